The lowest BCUT2D eigenvalue weighted by molar-refractivity contribution is 0.0905. The van der Waals surface area contributed by atoms with Crippen molar-refractivity contribution in [3.05, 3.63) is 65.7 Å². The summed E-state index contributed by atoms with van der Waals surface area (Å²) < 4.78 is 11.5. The SMILES string of the molecule is COC1CCCN(C(=O)NC(C)c2ccc(OC(C)c3ccccc3)cc2)CC1. The average Bonchev–Trinajstić information content (AvgIpc) is 3.00. The molecule has 1 aliphatic rings. The van der Waals surface area contributed by atoms with E-state index >= 15 is 0 Å². The van der Waals surface area contributed by atoms with E-state index in [1.54, 1.807) is 7.11 Å². The van der Waals surface area contributed by atoms with Crippen molar-refractivity contribution >= 4 is 6.03 Å². The first kappa shape index (κ1) is 21.2. The van der Waals surface area contributed by atoms with E-state index in [-0.39, 0.29) is 24.3 Å². The summed E-state index contributed by atoms with van der Waals surface area (Å²) in [5.74, 6) is 0.821. The van der Waals surface area contributed by atoms with Gasteiger partial charge in [0.15, 0.2) is 0 Å². The molecule has 156 valence electrons. The predicted molar refractivity (Wildman–Crippen MR) is 115 cm³/mol. The Morgan fingerprint density at radius 2 is 1.72 bits per heavy atom. The lowest BCUT2D eigenvalue weighted by Crippen LogP contribution is -2.41. The maximum Gasteiger partial charge on any atom is 0.317 e. The Labute approximate surface area is 174 Å². The summed E-state index contributed by atoms with van der Waals surface area (Å²) in [5.41, 5.74) is 2.20. The molecule has 1 aliphatic heterocycles. The molecular weight excluding hydrogens is 364 g/mol. The van der Waals surface area contributed by atoms with Crippen molar-refractivity contribution in [2.45, 2.75) is 51.4 Å². The van der Waals surface area contributed by atoms with Crippen LogP contribution in [0.3, 0.4) is 0 Å². The van der Waals surface area contributed by atoms with Crippen molar-refractivity contribution < 1.29 is 14.3 Å². The summed E-state index contributed by atoms with van der Waals surface area (Å²) in [5, 5.41) is 3.12. The van der Waals surface area contributed by atoms with Crippen molar-refractivity contribution in [3.8, 4) is 5.75 Å². The molecule has 29 heavy (non-hydrogen) atoms. The van der Waals surface area contributed by atoms with Crippen LogP contribution in [-0.4, -0.2) is 37.2 Å². The monoisotopic (exact) mass is 396 g/mol. The van der Waals surface area contributed by atoms with Crippen LogP contribution in [0.4, 0.5) is 4.79 Å². The Morgan fingerprint density at radius 1 is 1.00 bits per heavy atom. The summed E-state index contributed by atoms with van der Waals surface area (Å²) in [6.45, 7) is 5.57. The van der Waals surface area contributed by atoms with E-state index in [1.807, 2.05) is 61.2 Å². The number of urea groups is 1. The number of likely N-dealkylation sites (tertiary alicyclic amines) is 1. The molecule has 5 nitrogen and oxygen atoms in total. The zero-order valence-corrected chi connectivity index (χ0v) is 17.6. The van der Waals surface area contributed by atoms with Gasteiger partial charge in [0.2, 0.25) is 0 Å². The molecule has 0 bridgehead atoms. The van der Waals surface area contributed by atoms with Crippen LogP contribution in [-0.2, 0) is 4.74 Å². The van der Waals surface area contributed by atoms with Crippen molar-refractivity contribution in [1.29, 1.82) is 0 Å². The van der Waals surface area contributed by atoms with E-state index in [9.17, 15) is 4.79 Å². The number of benzene rings is 2. The van der Waals surface area contributed by atoms with E-state index < -0.39 is 0 Å². The fourth-order valence-electron chi connectivity index (χ4n) is 3.70. The number of nitrogens with one attached hydrogen (secondary N) is 1. The Hall–Kier alpha value is -2.53. The molecule has 0 spiro atoms. The Kier molecular flexibility index (Phi) is 7.53. The molecule has 1 heterocycles. The molecule has 1 saturated heterocycles. The number of hydrogen-bond acceptors (Lipinski definition) is 3. The number of carbonyl (C=O) groups is 1. The smallest absolute Gasteiger partial charge is 0.317 e. The van der Waals surface area contributed by atoms with Gasteiger partial charge in [-0.1, -0.05) is 42.5 Å². The van der Waals surface area contributed by atoms with Gasteiger partial charge in [0.05, 0.1) is 12.1 Å². The normalized spacial score (nSPS) is 19.1. The van der Waals surface area contributed by atoms with Crippen LogP contribution >= 0.6 is 0 Å². The van der Waals surface area contributed by atoms with Gasteiger partial charge in [-0.05, 0) is 56.4 Å². The highest BCUT2D eigenvalue weighted by molar-refractivity contribution is 5.74. The maximum atomic E-state index is 12.6. The van der Waals surface area contributed by atoms with Crippen LogP contribution in [0.25, 0.3) is 0 Å². The molecule has 3 rings (SSSR count). The molecule has 1 fully saturated rings. The second-order valence-electron chi connectivity index (χ2n) is 7.69. The first-order valence-electron chi connectivity index (χ1n) is 10.5. The molecule has 0 aromatic heterocycles. The number of nitrogens with zero attached hydrogens (tertiary/aromatic N) is 1. The number of amides is 2. The average molecular weight is 397 g/mol. The fraction of sp³-hybridized carbons (Fsp3) is 0.458. The van der Waals surface area contributed by atoms with Crippen LogP contribution in [0, 0.1) is 0 Å². The van der Waals surface area contributed by atoms with Gasteiger partial charge in [-0.2, -0.15) is 0 Å². The number of carbonyl (C=O) groups excluding carboxylic acids is 1. The first-order valence-corrected chi connectivity index (χ1v) is 10.5. The topological polar surface area (TPSA) is 50.8 Å². The maximum absolute atomic E-state index is 12.6. The highest BCUT2D eigenvalue weighted by atomic mass is 16.5. The van der Waals surface area contributed by atoms with Gasteiger partial charge in [0.25, 0.3) is 0 Å². The van der Waals surface area contributed by atoms with Crippen LogP contribution in [0.15, 0.2) is 54.6 Å². The summed E-state index contributed by atoms with van der Waals surface area (Å²) in [6, 6.07) is 18.1. The van der Waals surface area contributed by atoms with Crippen molar-refractivity contribution in [2.24, 2.45) is 0 Å². The van der Waals surface area contributed by atoms with Gasteiger partial charge < -0.3 is 19.7 Å². The molecule has 0 saturated carbocycles. The van der Waals surface area contributed by atoms with Crippen LogP contribution < -0.4 is 10.1 Å². The molecule has 3 atom stereocenters. The van der Waals surface area contributed by atoms with Crippen LogP contribution in [0.1, 0.15) is 56.4 Å². The molecule has 3 unspecified atom stereocenters. The summed E-state index contributed by atoms with van der Waals surface area (Å²) >= 11 is 0. The van der Waals surface area contributed by atoms with Gasteiger partial charge in [-0.25, -0.2) is 4.79 Å². The van der Waals surface area contributed by atoms with Gasteiger partial charge >= 0.3 is 6.03 Å². The molecule has 1 N–H and O–H groups in total. The zero-order valence-electron chi connectivity index (χ0n) is 17.6. The standard InChI is InChI=1S/C24H32N2O3/c1-18(25-24(27)26-16-7-10-22(28-3)15-17-26)20-11-13-23(14-12-20)29-19(2)21-8-5-4-6-9-21/h4-6,8-9,11-14,18-19,22H,7,10,15-17H2,1-3H3,(H,25,27). The van der Waals surface area contributed by atoms with Crippen LogP contribution in [0.2, 0.25) is 0 Å². The van der Waals surface area contributed by atoms with E-state index in [0.29, 0.717) is 0 Å². The van der Waals surface area contributed by atoms with Gasteiger partial charge in [-0.15, -0.1) is 0 Å². The minimum absolute atomic E-state index is 0.00715. The minimum atomic E-state index is -0.0652. The Bertz CT molecular complexity index is 763. The Balaban J connectivity index is 1.53. The number of ether oxygens (including phenoxy) is 2. The molecule has 2 amide bonds. The van der Waals surface area contributed by atoms with Gasteiger partial charge in [-0.3, -0.25) is 0 Å². The summed E-state index contributed by atoms with van der Waals surface area (Å²) in [7, 11) is 1.75. The van der Waals surface area contributed by atoms with E-state index in [1.165, 1.54) is 0 Å². The van der Waals surface area contributed by atoms with Crippen LogP contribution in [0.5, 0.6) is 5.75 Å². The molecule has 2 aromatic rings. The third-order valence-electron chi connectivity index (χ3n) is 5.60. The van der Waals surface area contributed by atoms with Crippen molar-refractivity contribution in [2.75, 3.05) is 20.2 Å². The summed E-state index contributed by atoms with van der Waals surface area (Å²) in [6.07, 6.45) is 3.13. The fourth-order valence-corrected chi connectivity index (χ4v) is 3.70. The second kappa shape index (κ2) is 10.3. The lowest BCUT2D eigenvalue weighted by Gasteiger charge is -2.24. The number of rotatable bonds is 6. The quantitative estimate of drug-likeness (QED) is 0.739. The second-order valence-corrected chi connectivity index (χ2v) is 7.69. The van der Waals surface area contributed by atoms with Gasteiger partial charge in [0, 0.05) is 20.2 Å². The third-order valence-corrected chi connectivity index (χ3v) is 5.60. The van der Waals surface area contributed by atoms with E-state index in [2.05, 4.69) is 17.4 Å². The predicted octanol–water partition coefficient (Wildman–Crippen LogP) is 5.10. The molecule has 5 heteroatoms. The third kappa shape index (κ3) is 5.97. The van der Waals surface area contributed by atoms with E-state index in [0.717, 1.165) is 49.2 Å². The number of methoxy groups -OCH3 is 1. The largest absolute Gasteiger partial charge is 0.486 e. The highest BCUT2D eigenvalue weighted by Gasteiger charge is 2.21. The molecule has 0 aliphatic carbocycles. The van der Waals surface area contributed by atoms with Crippen molar-refractivity contribution in [1.82, 2.24) is 10.2 Å². The molecule has 2 aromatic carbocycles. The van der Waals surface area contributed by atoms with E-state index in [4.69, 9.17) is 9.47 Å². The zero-order chi connectivity index (χ0) is 20.6. The Morgan fingerprint density at radius 3 is 2.41 bits per heavy atom. The molecule has 0 radical (unpaired) electrons. The highest BCUT2D eigenvalue weighted by Crippen LogP contribution is 2.24. The summed E-state index contributed by atoms with van der Waals surface area (Å²) in [4.78, 5) is 14.5. The molecular formula is C24H32N2O3. The van der Waals surface area contributed by atoms with Gasteiger partial charge in [0.1, 0.15) is 11.9 Å². The first-order chi connectivity index (χ1) is 14.1. The number of hydrogen-bond donors (Lipinski definition) is 1. The van der Waals surface area contributed by atoms with Crippen molar-refractivity contribution in [3.63, 3.8) is 0 Å². The lowest BCUT2D eigenvalue weighted by atomic mass is 10.1. The minimum Gasteiger partial charge on any atom is -0.486 e.